The minimum absolute atomic E-state index is 0.0417. The van der Waals surface area contributed by atoms with Gasteiger partial charge in [-0.15, -0.1) is 0 Å². The molecular formula is C27H27FN2O4. The van der Waals surface area contributed by atoms with Gasteiger partial charge in [-0.25, -0.2) is 4.39 Å². The van der Waals surface area contributed by atoms with Gasteiger partial charge in [-0.05, 0) is 53.9 Å². The summed E-state index contributed by atoms with van der Waals surface area (Å²) in [5.41, 5.74) is 2.43. The Labute approximate surface area is 198 Å². The van der Waals surface area contributed by atoms with Gasteiger partial charge in [0.15, 0.2) is 0 Å². The summed E-state index contributed by atoms with van der Waals surface area (Å²) in [5.74, 6) is -1.27. The number of hydrogen-bond donors (Lipinski definition) is 0. The first kappa shape index (κ1) is 24.6. The molecule has 0 aromatic heterocycles. The van der Waals surface area contributed by atoms with E-state index in [4.69, 9.17) is 4.74 Å². The Balaban J connectivity index is 2.06. The molecule has 1 unspecified atom stereocenters. The Kier molecular flexibility index (Phi) is 7.79. The number of ether oxygens (including phenoxy) is 1. The zero-order valence-corrected chi connectivity index (χ0v) is 19.6. The molecule has 0 saturated heterocycles. The molecule has 0 fully saturated rings. The third-order valence-corrected chi connectivity index (χ3v) is 5.31. The standard InChI is InChI=1S/C27H27FN2O4/c1-18-8-5-6-11-24(18)26(27(33)29(3)4)30(22-10-7-9-21(28)17-22)25(32)16-20-12-14-23(15-13-20)34-19(2)31/h5-15,17,26H,16H2,1-4H3. The van der Waals surface area contributed by atoms with Crippen LogP contribution in [0.15, 0.2) is 72.8 Å². The Morgan fingerprint density at radius 2 is 1.62 bits per heavy atom. The summed E-state index contributed by atoms with van der Waals surface area (Å²) < 4.78 is 19.2. The van der Waals surface area contributed by atoms with Crippen molar-refractivity contribution >= 4 is 23.5 Å². The molecule has 6 nitrogen and oxygen atoms in total. The van der Waals surface area contributed by atoms with Gasteiger partial charge in [-0.1, -0.05) is 42.5 Å². The lowest BCUT2D eigenvalue weighted by Gasteiger charge is -2.34. The molecule has 2 amide bonds. The van der Waals surface area contributed by atoms with E-state index < -0.39 is 17.8 Å². The third kappa shape index (κ3) is 5.86. The molecule has 0 aliphatic carbocycles. The van der Waals surface area contributed by atoms with E-state index in [1.807, 2.05) is 19.1 Å². The topological polar surface area (TPSA) is 66.9 Å². The molecule has 0 saturated carbocycles. The highest BCUT2D eigenvalue weighted by molar-refractivity contribution is 6.02. The van der Waals surface area contributed by atoms with Crippen LogP contribution < -0.4 is 9.64 Å². The van der Waals surface area contributed by atoms with E-state index in [1.54, 1.807) is 56.6 Å². The summed E-state index contributed by atoms with van der Waals surface area (Å²) >= 11 is 0. The van der Waals surface area contributed by atoms with Crippen LogP contribution in [0.3, 0.4) is 0 Å². The van der Waals surface area contributed by atoms with Crippen LogP contribution in [-0.2, 0) is 20.8 Å². The molecule has 0 spiro atoms. The van der Waals surface area contributed by atoms with Gasteiger partial charge in [-0.2, -0.15) is 0 Å². The largest absolute Gasteiger partial charge is 0.427 e. The number of nitrogens with zero attached hydrogens (tertiary/aromatic N) is 2. The minimum Gasteiger partial charge on any atom is -0.427 e. The normalized spacial score (nSPS) is 11.4. The van der Waals surface area contributed by atoms with Crippen LogP contribution in [0.25, 0.3) is 0 Å². The fourth-order valence-corrected chi connectivity index (χ4v) is 3.68. The predicted molar refractivity (Wildman–Crippen MR) is 128 cm³/mol. The Hall–Kier alpha value is -4.00. The zero-order valence-electron chi connectivity index (χ0n) is 19.6. The molecule has 176 valence electrons. The molecule has 0 radical (unpaired) electrons. The quantitative estimate of drug-likeness (QED) is 0.384. The predicted octanol–water partition coefficient (Wildman–Crippen LogP) is 4.46. The van der Waals surface area contributed by atoms with E-state index in [-0.39, 0.29) is 23.9 Å². The average molecular weight is 463 g/mol. The Morgan fingerprint density at radius 3 is 2.21 bits per heavy atom. The number of benzene rings is 3. The average Bonchev–Trinajstić information content (AvgIpc) is 2.78. The van der Waals surface area contributed by atoms with Gasteiger partial charge in [0.1, 0.15) is 17.6 Å². The van der Waals surface area contributed by atoms with Crippen molar-refractivity contribution in [1.82, 2.24) is 4.90 Å². The van der Waals surface area contributed by atoms with Gasteiger partial charge in [0.05, 0.1) is 6.42 Å². The van der Waals surface area contributed by atoms with Gasteiger partial charge < -0.3 is 9.64 Å². The van der Waals surface area contributed by atoms with E-state index in [0.717, 1.165) is 5.56 Å². The fourth-order valence-electron chi connectivity index (χ4n) is 3.68. The minimum atomic E-state index is -0.981. The number of amides is 2. The maximum Gasteiger partial charge on any atom is 0.308 e. The highest BCUT2D eigenvalue weighted by Crippen LogP contribution is 2.32. The lowest BCUT2D eigenvalue weighted by Crippen LogP contribution is -2.44. The van der Waals surface area contributed by atoms with Gasteiger partial charge in [0.2, 0.25) is 11.8 Å². The molecule has 1 atom stereocenters. The number of carbonyl (C=O) groups excluding carboxylic acids is 3. The number of hydrogen-bond acceptors (Lipinski definition) is 4. The van der Waals surface area contributed by atoms with Crippen molar-refractivity contribution in [2.24, 2.45) is 0 Å². The summed E-state index contributed by atoms with van der Waals surface area (Å²) in [6.07, 6.45) is -0.0417. The number of esters is 1. The second kappa shape index (κ2) is 10.7. The zero-order chi connectivity index (χ0) is 24.8. The second-order valence-electron chi connectivity index (χ2n) is 8.15. The van der Waals surface area contributed by atoms with Gasteiger partial charge in [-0.3, -0.25) is 19.3 Å². The van der Waals surface area contributed by atoms with Crippen LogP contribution in [-0.4, -0.2) is 36.8 Å². The summed E-state index contributed by atoms with van der Waals surface area (Å²) in [4.78, 5) is 41.0. The molecule has 7 heteroatoms. The molecule has 0 aliphatic heterocycles. The van der Waals surface area contributed by atoms with E-state index in [9.17, 15) is 18.8 Å². The number of halogens is 1. The van der Waals surface area contributed by atoms with Crippen LogP contribution in [0.2, 0.25) is 0 Å². The van der Waals surface area contributed by atoms with Crippen LogP contribution in [0, 0.1) is 12.7 Å². The summed E-state index contributed by atoms with van der Waals surface area (Å²) in [7, 11) is 3.24. The molecule has 0 heterocycles. The summed E-state index contributed by atoms with van der Waals surface area (Å²) in [6.45, 7) is 3.18. The molecule has 3 rings (SSSR count). The van der Waals surface area contributed by atoms with Crippen LogP contribution in [0.1, 0.15) is 29.7 Å². The summed E-state index contributed by atoms with van der Waals surface area (Å²) in [5, 5.41) is 0. The lowest BCUT2D eigenvalue weighted by molar-refractivity contribution is -0.132. The smallest absolute Gasteiger partial charge is 0.308 e. The van der Waals surface area contributed by atoms with Crippen LogP contribution in [0.5, 0.6) is 5.75 Å². The molecule has 3 aromatic rings. The molecule has 0 N–H and O–H groups in total. The molecule has 0 bridgehead atoms. The SMILES string of the molecule is CC(=O)Oc1ccc(CC(=O)N(c2cccc(F)c2)C(C(=O)N(C)C)c2ccccc2C)cc1. The second-order valence-corrected chi connectivity index (χ2v) is 8.15. The molecule has 34 heavy (non-hydrogen) atoms. The van der Waals surface area contributed by atoms with Crippen molar-refractivity contribution in [1.29, 1.82) is 0 Å². The maximum absolute atomic E-state index is 14.2. The lowest BCUT2D eigenvalue weighted by atomic mass is 9.97. The van der Waals surface area contributed by atoms with Crippen LogP contribution >= 0.6 is 0 Å². The summed E-state index contributed by atoms with van der Waals surface area (Å²) in [6, 6.07) is 18.6. The highest BCUT2D eigenvalue weighted by atomic mass is 19.1. The Bertz CT molecular complexity index is 1190. The Morgan fingerprint density at radius 1 is 0.941 bits per heavy atom. The van der Waals surface area contributed by atoms with E-state index >= 15 is 0 Å². The number of likely N-dealkylation sites (N-methyl/N-ethyl adjacent to an activating group) is 1. The number of aryl methyl sites for hydroxylation is 1. The molecule has 3 aromatic carbocycles. The van der Waals surface area contributed by atoms with E-state index in [2.05, 4.69) is 0 Å². The van der Waals surface area contributed by atoms with E-state index in [0.29, 0.717) is 16.9 Å². The van der Waals surface area contributed by atoms with Crippen molar-refractivity contribution in [3.8, 4) is 5.75 Å². The maximum atomic E-state index is 14.2. The number of anilines is 1. The molecule has 0 aliphatic rings. The number of rotatable bonds is 7. The first-order valence-electron chi connectivity index (χ1n) is 10.8. The van der Waals surface area contributed by atoms with Crippen molar-refractivity contribution in [3.05, 3.63) is 95.3 Å². The van der Waals surface area contributed by atoms with Gasteiger partial charge in [0.25, 0.3) is 0 Å². The number of carbonyl (C=O) groups is 3. The van der Waals surface area contributed by atoms with E-state index in [1.165, 1.54) is 34.9 Å². The van der Waals surface area contributed by atoms with Crippen LogP contribution in [0.4, 0.5) is 10.1 Å². The van der Waals surface area contributed by atoms with Crippen molar-refractivity contribution in [3.63, 3.8) is 0 Å². The first-order chi connectivity index (χ1) is 16.2. The van der Waals surface area contributed by atoms with Crippen molar-refractivity contribution in [2.45, 2.75) is 26.3 Å². The van der Waals surface area contributed by atoms with Gasteiger partial charge >= 0.3 is 5.97 Å². The first-order valence-corrected chi connectivity index (χ1v) is 10.8. The van der Waals surface area contributed by atoms with Gasteiger partial charge in [0, 0.05) is 26.7 Å². The monoisotopic (exact) mass is 462 g/mol. The van der Waals surface area contributed by atoms with Crippen molar-refractivity contribution in [2.75, 3.05) is 19.0 Å². The fraction of sp³-hybridized carbons (Fsp3) is 0.222. The van der Waals surface area contributed by atoms with Crippen molar-refractivity contribution < 1.29 is 23.5 Å². The third-order valence-electron chi connectivity index (χ3n) is 5.31. The molecular weight excluding hydrogens is 435 g/mol. The highest BCUT2D eigenvalue weighted by Gasteiger charge is 2.34.